The first-order chi connectivity index (χ1) is 11.5. The molecule has 0 saturated heterocycles. The fourth-order valence-electron chi connectivity index (χ4n) is 2.96. The topological polar surface area (TPSA) is 55.5 Å². The molecule has 124 valence electrons. The van der Waals surface area contributed by atoms with Gasteiger partial charge in [-0.05, 0) is 61.2 Å². The van der Waals surface area contributed by atoms with Gasteiger partial charge in [0.15, 0.2) is 0 Å². The Bertz CT molecular complexity index is 863. The van der Waals surface area contributed by atoms with Crippen LogP contribution >= 0.6 is 0 Å². The molecule has 0 amide bonds. The van der Waals surface area contributed by atoms with Crippen LogP contribution < -0.4 is 4.74 Å². The molecule has 2 aromatic carbocycles. The fourth-order valence-corrected chi connectivity index (χ4v) is 2.96. The third-order valence-electron chi connectivity index (χ3n) is 4.33. The van der Waals surface area contributed by atoms with E-state index in [-0.39, 0.29) is 5.75 Å². The van der Waals surface area contributed by atoms with Crippen LogP contribution in [-0.2, 0) is 6.42 Å². The lowest BCUT2D eigenvalue weighted by atomic mass is 9.95. The fraction of sp³-hybridized carbons (Fsp3) is 0.250. The monoisotopic (exact) mass is 323 g/mol. The summed E-state index contributed by atoms with van der Waals surface area (Å²) in [6.45, 7) is 5.98. The van der Waals surface area contributed by atoms with E-state index in [1.165, 1.54) is 5.56 Å². The summed E-state index contributed by atoms with van der Waals surface area (Å²) in [5, 5.41) is 14.6. The lowest BCUT2D eigenvalue weighted by Gasteiger charge is -2.10. The first-order valence-corrected chi connectivity index (χ1v) is 7.98. The molecule has 0 spiro atoms. The summed E-state index contributed by atoms with van der Waals surface area (Å²) < 4.78 is 10.6. The quantitative estimate of drug-likeness (QED) is 0.742. The number of aryl methyl sites for hydroxylation is 3. The van der Waals surface area contributed by atoms with E-state index in [4.69, 9.17) is 9.26 Å². The predicted octanol–water partition coefficient (Wildman–Crippen LogP) is 4.90. The molecular weight excluding hydrogens is 302 g/mol. The second-order valence-corrected chi connectivity index (χ2v) is 5.84. The van der Waals surface area contributed by atoms with Crippen molar-refractivity contribution in [3.8, 4) is 33.9 Å². The largest absolute Gasteiger partial charge is 0.507 e. The van der Waals surface area contributed by atoms with Crippen molar-refractivity contribution < 1.29 is 14.4 Å². The normalized spacial score (nSPS) is 10.8. The minimum absolute atomic E-state index is 0.216. The summed E-state index contributed by atoms with van der Waals surface area (Å²) >= 11 is 0. The molecule has 0 unspecified atom stereocenters. The van der Waals surface area contributed by atoms with Crippen LogP contribution in [-0.4, -0.2) is 17.4 Å². The van der Waals surface area contributed by atoms with E-state index in [0.717, 1.165) is 28.9 Å². The number of aromatic hydroxyl groups is 1. The van der Waals surface area contributed by atoms with Crippen molar-refractivity contribution >= 4 is 0 Å². The zero-order valence-electron chi connectivity index (χ0n) is 14.4. The lowest BCUT2D eigenvalue weighted by molar-refractivity contribution is 0.399. The maximum absolute atomic E-state index is 10.4. The molecule has 3 rings (SSSR count). The van der Waals surface area contributed by atoms with Gasteiger partial charge in [0.2, 0.25) is 0 Å². The summed E-state index contributed by atoms with van der Waals surface area (Å²) in [6.07, 6.45) is 0.897. The molecule has 0 atom stereocenters. The number of nitrogens with zero attached hydrogens (tertiary/aromatic N) is 1. The highest BCUT2D eigenvalue weighted by atomic mass is 16.5. The van der Waals surface area contributed by atoms with Crippen LogP contribution in [0.2, 0.25) is 0 Å². The molecule has 1 heterocycles. The van der Waals surface area contributed by atoms with Crippen molar-refractivity contribution in [2.75, 3.05) is 7.11 Å². The highest BCUT2D eigenvalue weighted by Crippen LogP contribution is 2.39. The van der Waals surface area contributed by atoms with E-state index < -0.39 is 0 Å². The van der Waals surface area contributed by atoms with Gasteiger partial charge in [-0.3, -0.25) is 0 Å². The number of hydrogen-bond acceptors (Lipinski definition) is 4. The Kier molecular flexibility index (Phi) is 4.30. The average Bonchev–Trinajstić information content (AvgIpc) is 2.96. The van der Waals surface area contributed by atoms with Crippen LogP contribution in [0.1, 0.15) is 23.8 Å². The van der Waals surface area contributed by atoms with Crippen molar-refractivity contribution in [3.05, 3.63) is 53.3 Å². The smallest absolute Gasteiger partial charge is 0.142 e. The SMILES string of the molecule is CCc1cc(-c2noc(C)c2-c2ccc(OC)cc2)c(O)cc1C. The molecule has 0 radical (unpaired) electrons. The molecule has 0 aliphatic heterocycles. The predicted molar refractivity (Wildman–Crippen MR) is 94.4 cm³/mol. The third kappa shape index (κ3) is 2.75. The molecule has 0 fully saturated rings. The van der Waals surface area contributed by atoms with Crippen LogP contribution in [0.3, 0.4) is 0 Å². The van der Waals surface area contributed by atoms with E-state index in [1.807, 2.05) is 44.2 Å². The summed E-state index contributed by atoms with van der Waals surface area (Å²) in [4.78, 5) is 0. The Labute approximate surface area is 141 Å². The van der Waals surface area contributed by atoms with E-state index in [1.54, 1.807) is 13.2 Å². The van der Waals surface area contributed by atoms with Crippen molar-refractivity contribution in [1.29, 1.82) is 0 Å². The van der Waals surface area contributed by atoms with E-state index in [9.17, 15) is 5.11 Å². The van der Waals surface area contributed by atoms with Crippen LogP contribution in [0.4, 0.5) is 0 Å². The number of ether oxygens (including phenoxy) is 1. The third-order valence-corrected chi connectivity index (χ3v) is 4.33. The highest BCUT2D eigenvalue weighted by Gasteiger charge is 2.20. The van der Waals surface area contributed by atoms with Crippen LogP contribution in [0, 0.1) is 13.8 Å². The Hall–Kier alpha value is -2.75. The standard InChI is InChI=1S/C20H21NO3/c1-5-14-11-17(18(22)10-12(14)2)20-19(13(3)24-21-20)15-6-8-16(23-4)9-7-15/h6-11,22H,5H2,1-4H3. The number of phenols is 1. The maximum Gasteiger partial charge on any atom is 0.142 e. The molecule has 1 N–H and O–H groups in total. The van der Waals surface area contributed by atoms with Gasteiger partial charge in [-0.1, -0.05) is 24.2 Å². The first kappa shape index (κ1) is 16.1. The maximum atomic E-state index is 10.4. The van der Waals surface area contributed by atoms with Crippen LogP contribution in [0.25, 0.3) is 22.4 Å². The first-order valence-electron chi connectivity index (χ1n) is 7.98. The van der Waals surface area contributed by atoms with E-state index in [2.05, 4.69) is 12.1 Å². The Morgan fingerprint density at radius 2 is 1.83 bits per heavy atom. The molecule has 4 heteroatoms. The van der Waals surface area contributed by atoms with Gasteiger partial charge in [-0.15, -0.1) is 0 Å². The molecule has 0 saturated carbocycles. The minimum Gasteiger partial charge on any atom is -0.507 e. The average molecular weight is 323 g/mol. The van der Waals surface area contributed by atoms with Gasteiger partial charge >= 0.3 is 0 Å². The number of hydrogen-bond donors (Lipinski definition) is 1. The van der Waals surface area contributed by atoms with Crippen molar-refractivity contribution in [3.63, 3.8) is 0 Å². The van der Waals surface area contributed by atoms with Crippen molar-refractivity contribution in [2.45, 2.75) is 27.2 Å². The number of benzene rings is 2. The van der Waals surface area contributed by atoms with Gasteiger partial charge in [0.1, 0.15) is 23.0 Å². The second-order valence-electron chi connectivity index (χ2n) is 5.84. The molecule has 4 nitrogen and oxygen atoms in total. The van der Waals surface area contributed by atoms with Crippen molar-refractivity contribution in [1.82, 2.24) is 5.16 Å². The summed E-state index contributed by atoms with van der Waals surface area (Å²) in [5.74, 6) is 1.72. The van der Waals surface area contributed by atoms with E-state index >= 15 is 0 Å². The van der Waals surface area contributed by atoms with Crippen LogP contribution in [0.15, 0.2) is 40.9 Å². The number of aromatic nitrogens is 1. The Balaban J connectivity index is 2.17. The van der Waals surface area contributed by atoms with Gasteiger partial charge < -0.3 is 14.4 Å². The summed E-state index contributed by atoms with van der Waals surface area (Å²) in [6, 6.07) is 11.5. The highest BCUT2D eigenvalue weighted by molar-refractivity contribution is 5.85. The summed E-state index contributed by atoms with van der Waals surface area (Å²) in [5.41, 5.74) is 5.47. The lowest BCUT2D eigenvalue weighted by Crippen LogP contribution is -1.91. The van der Waals surface area contributed by atoms with Crippen molar-refractivity contribution in [2.24, 2.45) is 0 Å². The van der Waals surface area contributed by atoms with Gasteiger partial charge in [0.05, 0.1) is 12.7 Å². The van der Waals surface area contributed by atoms with Crippen LogP contribution in [0.5, 0.6) is 11.5 Å². The number of methoxy groups -OCH3 is 1. The van der Waals surface area contributed by atoms with Gasteiger partial charge in [0, 0.05) is 5.56 Å². The Morgan fingerprint density at radius 1 is 1.12 bits per heavy atom. The molecule has 3 aromatic rings. The number of rotatable bonds is 4. The Morgan fingerprint density at radius 3 is 2.46 bits per heavy atom. The number of phenolic OH excluding ortho intramolecular Hbond substituents is 1. The molecule has 24 heavy (non-hydrogen) atoms. The molecule has 1 aromatic heterocycles. The minimum atomic E-state index is 0.216. The molecule has 0 aliphatic carbocycles. The second kappa shape index (κ2) is 6.40. The zero-order valence-corrected chi connectivity index (χ0v) is 14.4. The van der Waals surface area contributed by atoms with Gasteiger partial charge in [-0.2, -0.15) is 0 Å². The zero-order chi connectivity index (χ0) is 17.3. The van der Waals surface area contributed by atoms with Gasteiger partial charge in [-0.25, -0.2) is 0 Å². The molecule has 0 aliphatic rings. The summed E-state index contributed by atoms with van der Waals surface area (Å²) in [7, 11) is 1.64. The molecular formula is C20H21NO3. The molecule has 0 bridgehead atoms. The van der Waals surface area contributed by atoms with Gasteiger partial charge in [0.25, 0.3) is 0 Å². The van der Waals surface area contributed by atoms with E-state index in [0.29, 0.717) is 17.0 Å².